The molecule has 0 unspecified atom stereocenters. The number of methoxy groups -OCH3 is 2. The van der Waals surface area contributed by atoms with Gasteiger partial charge in [-0.05, 0) is 66.7 Å². The number of benzene rings is 3. The highest BCUT2D eigenvalue weighted by molar-refractivity contribution is 9.10. The number of ether oxygens (including phenoxy) is 2. The highest BCUT2D eigenvalue weighted by Gasteiger charge is 2.25. The summed E-state index contributed by atoms with van der Waals surface area (Å²) in [6, 6.07) is 20.3. The largest absolute Gasteiger partial charge is 0.504 e. The van der Waals surface area contributed by atoms with Gasteiger partial charge in [0.25, 0.3) is 0 Å². The van der Waals surface area contributed by atoms with Crippen molar-refractivity contribution in [2.45, 2.75) is 0 Å². The number of phenolic OH excluding ortho intramolecular Hbond substituents is 1. The Morgan fingerprint density at radius 1 is 0.879 bits per heavy atom. The number of rotatable bonds is 5. The van der Waals surface area contributed by atoms with Crippen LogP contribution in [0.15, 0.2) is 71.2 Å². The van der Waals surface area contributed by atoms with E-state index in [0.29, 0.717) is 22.7 Å². The van der Waals surface area contributed by atoms with Gasteiger partial charge in [-0.25, -0.2) is 0 Å². The van der Waals surface area contributed by atoms with Crippen molar-refractivity contribution in [1.82, 2.24) is 14.8 Å². The molecule has 0 aliphatic heterocycles. The molecule has 33 heavy (non-hydrogen) atoms. The maximum absolute atomic E-state index is 11.3. The standard InChI is InChI=1S/C25H20BrN3O4/c1-32-18-10-3-14(4-11-18)22-21-23(28-27-22)25(31)29(17-8-6-16(26)7-9-17)24(21)15-5-12-19(30)20(13-15)33-2/h3-13,28,30-31H,1-2H3. The van der Waals surface area contributed by atoms with Gasteiger partial charge in [-0.2, -0.15) is 5.10 Å². The number of nitrogens with zero attached hydrogens (tertiary/aromatic N) is 2. The maximum atomic E-state index is 11.3. The van der Waals surface area contributed by atoms with E-state index in [0.717, 1.165) is 32.4 Å². The fraction of sp³-hybridized carbons (Fsp3) is 0.0800. The molecule has 0 aliphatic rings. The van der Waals surface area contributed by atoms with Crippen LogP contribution in [0.1, 0.15) is 0 Å². The SMILES string of the molecule is COc1ccc(-c2n[nH]c3c(O)n(-c4ccc(Br)cc4)c(-c4ccc(O)c(OC)c4)c23)cc1. The van der Waals surface area contributed by atoms with Crippen molar-refractivity contribution in [3.05, 3.63) is 71.2 Å². The van der Waals surface area contributed by atoms with Crippen LogP contribution < -0.4 is 9.47 Å². The van der Waals surface area contributed by atoms with Crippen molar-refractivity contribution in [1.29, 1.82) is 0 Å². The number of fused-ring (bicyclic) bond motifs is 1. The summed E-state index contributed by atoms with van der Waals surface area (Å²) in [5.41, 5.74) is 4.27. The zero-order chi connectivity index (χ0) is 23.1. The van der Waals surface area contributed by atoms with E-state index in [4.69, 9.17) is 9.47 Å². The van der Waals surface area contributed by atoms with Crippen molar-refractivity contribution >= 4 is 26.8 Å². The van der Waals surface area contributed by atoms with Gasteiger partial charge in [-0.1, -0.05) is 15.9 Å². The second-order valence-electron chi connectivity index (χ2n) is 7.42. The Balaban J connectivity index is 1.84. The van der Waals surface area contributed by atoms with E-state index in [-0.39, 0.29) is 11.6 Å². The van der Waals surface area contributed by atoms with Gasteiger partial charge in [0.1, 0.15) is 17.0 Å². The van der Waals surface area contributed by atoms with Gasteiger partial charge in [-0.3, -0.25) is 9.67 Å². The Bertz CT molecular complexity index is 1450. The molecular formula is C25H20BrN3O4. The zero-order valence-corrected chi connectivity index (χ0v) is 19.4. The highest BCUT2D eigenvalue weighted by Crippen LogP contribution is 2.45. The number of halogens is 1. The molecule has 2 heterocycles. The first-order valence-electron chi connectivity index (χ1n) is 10.1. The number of aromatic hydroxyl groups is 2. The molecule has 5 aromatic rings. The lowest BCUT2D eigenvalue weighted by Gasteiger charge is -2.13. The van der Waals surface area contributed by atoms with E-state index in [2.05, 4.69) is 26.1 Å². The molecule has 0 radical (unpaired) electrons. The monoisotopic (exact) mass is 505 g/mol. The Labute approximate surface area is 198 Å². The molecule has 0 aliphatic carbocycles. The quantitative estimate of drug-likeness (QED) is 0.277. The second-order valence-corrected chi connectivity index (χ2v) is 8.34. The molecule has 8 heteroatoms. The lowest BCUT2D eigenvalue weighted by atomic mass is 10.0. The highest BCUT2D eigenvalue weighted by atomic mass is 79.9. The smallest absolute Gasteiger partial charge is 0.222 e. The summed E-state index contributed by atoms with van der Waals surface area (Å²) < 4.78 is 13.3. The maximum Gasteiger partial charge on any atom is 0.222 e. The van der Waals surface area contributed by atoms with E-state index in [1.807, 2.05) is 48.5 Å². The average Bonchev–Trinajstić information content (AvgIpc) is 3.39. The number of hydrogen-bond donors (Lipinski definition) is 3. The summed E-state index contributed by atoms with van der Waals surface area (Å²) in [5, 5.41) is 29.6. The van der Waals surface area contributed by atoms with Gasteiger partial charge in [0.05, 0.1) is 25.3 Å². The Morgan fingerprint density at radius 2 is 1.58 bits per heavy atom. The number of hydrogen-bond acceptors (Lipinski definition) is 5. The molecule has 0 saturated carbocycles. The third-order valence-corrected chi connectivity index (χ3v) is 6.09. The minimum atomic E-state index is 0.0293. The summed E-state index contributed by atoms with van der Waals surface area (Å²) >= 11 is 3.47. The molecule has 166 valence electrons. The molecule has 0 fully saturated rings. The van der Waals surface area contributed by atoms with E-state index < -0.39 is 0 Å². The van der Waals surface area contributed by atoms with Gasteiger partial charge < -0.3 is 19.7 Å². The summed E-state index contributed by atoms with van der Waals surface area (Å²) in [7, 11) is 3.12. The van der Waals surface area contributed by atoms with Crippen LogP contribution >= 0.6 is 15.9 Å². The van der Waals surface area contributed by atoms with Crippen LogP contribution in [-0.4, -0.2) is 39.2 Å². The first-order chi connectivity index (χ1) is 16.0. The van der Waals surface area contributed by atoms with Crippen molar-refractivity contribution in [2.24, 2.45) is 0 Å². The number of nitrogens with one attached hydrogen (secondary N) is 1. The van der Waals surface area contributed by atoms with E-state index in [1.54, 1.807) is 29.9 Å². The number of phenols is 1. The van der Waals surface area contributed by atoms with Gasteiger partial charge >= 0.3 is 0 Å². The summed E-state index contributed by atoms with van der Waals surface area (Å²) in [6.45, 7) is 0. The molecule has 0 spiro atoms. The predicted molar refractivity (Wildman–Crippen MR) is 130 cm³/mol. The summed E-state index contributed by atoms with van der Waals surface area (Å²) in [4.78, 5) is 0. The molecule has 3 aromatic carbocycles. The fourth-order valence-corrected chi connectivity index (χ4v) is 4.23. The van der Waals surface area contributed by atoms with Crippen LogP contribution in [0.3, 0.4) is 0 Å². The van der Waals surface area contributed by atoms with Crippen LogP contribution in [0.5, 0.6) is 23.1 Å². The molecule has 0 saturated heterocycles. The average molecular weight is 506 g/mol. The van der Waals surface area contributed by atoms with Crippen LogP contribution in [-0.2, 0) is 0 Å². The van der Waals surface area contributed by atoms with Crippen LogP contribution in [0, 0.1) is 0 Å². The van der Waals surface area contributed by atoms with E-state index >= 15 is 0 Å². The van der Waals surface area contributed by atoms with Crippen LogP contribution in [0.4, 0.5) is 0 Å². The van der Waals surface area contributed by atoms with Crippen molar-refractivity contribution in [3.63, 3.8) is 0 Å². The topological polar surface area (TPSA) is 92.5 Å². The van der Waals surface area contributed by atoms with Crippen molar-refractivity contribution in [3.8, 4) is 51.3 Å². The third-order valence-electron chi connectivity index (χ3n) is 5.56. The van der Waals surface area contributed by atoms with Gasteiger partial charge in [0, 0.05) is 21.3 Å². The van der Waals surface area contributed by atoms with E-state index in [1.165, 1.54) is 7.11 Å². The molecule has 7 nitrogen and oxygen atoms in total. The molecule has 3 N–H and O–H groups in total. The lowest BCUT2D eigenvalue weighted by Crippen LogP contribution is -1.98. The minimum absolute atomic E-state index is 0.0293. The number of H-pyrrole nitrogens is 1. The van der Waals surface area contributed by atoms with Gasteiger partial charge in [-0.15, -0.1) is 0 Å². The Kier molecular flexibility index (Phi) is 5.22. The predicted octanol–water partition coefficient (Wildman–Crippen LogP) is 5.88. The normalized spacial score (nSPS) is 11.1. The molecular weight excluding hydrogens is 486 g/mol. The first kappa shape index (κ1) is 21.0. The van der Waals surface area contributed by atoms with Gasteiger partial charge in [0.2, 0.25) is 5.88 Å². The summed E-state index contributed by atoms with van der Waals surface area (Å²) in [5.74, 6) is 1.13. The molecule has 0 amide bonds. The van der Waals surface area contributed by atoms with E-state index in [9.17, 15) is 10.2 Å². The van der Waals surface area contributed by atoms with Crippen LogP contribution in [0.25, 0.3) is 39.1 Å². The van der Waals surface area contributed by atoms with Crippen molar-refractivity contribution < 1.29 is 19.7 Å². The number of aromatic nitrogens is 3. The first-order valence-corrected chi connectivity index (χ1v) is 10.9. The fourth-order valence-electron chi connectivity index (χ4n) is 3.96. The Morgan fingerprint density at radius 3 is 2.24 bits per heavy atom. The van der Waals surface area contributed by atoms with Crippen molar-refractivity contribution in [2.75, 3.05) is 14.2 Å². The molecule has 5 rings (SSSR count). The van der Waals surface area contributed by atoms with Gasteiger partial charge in [0.15, 0.2) is 11.5 Å². The molecule has 0 atom stereocenters. The lowest BCUT2D eigenvalue weighted by molar-refractivity contribution is 0.373. The third kappa shape index (κ3) is 3.48. The molecule has 0 bridgehead atoms. The minimum Gasteiger partial charge on any atom is -0.504 e. The second kappa shape index (κ2) is 8.22. The zero-order valence-electron chi connectivity index (χ0n) is 17.8. The summed E-state index contributed by atoms with van der Waals surface area (Å²) in [6.07, 6.45) is 0. The molecule has 2 aromatic heterocycles. The Hall–Kier alpha value is -3.91. The number of aromatic amines is 1. The van der Waals surface area contributed by atoms with Crippen LogP contribution in [0.2, 0.25) is 0 Å².